The molecule has 0 atom stereocenters. The Bertz CT molecular complexity index is 651. The van der Waals surface area contributed by atoms with Gasteiger partial charge in [-0.3, -0.25) is 9.36 Å². The lowest BCUT2D eigenvalue weighted by atomic mass is 10.2. The number of ether oxygens (including phenoxy) is 1. The molecule has 1 heterocycles. The summed E-state index contributed by atoms with van der Waals surface area (Å²) in [4.78, 5) is 12.5. The number of benzene rings is 1. The van der Waals surface area contributed by atoms with Gasteiger partial charge in [0.15, 0.2) is 0 Å². The van der Waals surface area contributed by atoms with Crippen LogP contribution >= 0.6 is 63.7 Å². The number of aromatic nitrogens is 1. The van der Waals surface area contributed by atoms with Gasteiger partial charge in [0.25, 0.3) is 5.91 Å². The molecule has 100 valence electrons. The number of carbonyl (C=O) groups excluding carboxylic acids is 1. The van der Waals surface area contributed by atoms with E-state index in [1.54, 1.807) is 31.4 Å². The molecule has 0 radical (unpaired) electrons. The molecule has 3 nitrogen and oxygen atoms in total. The van der Waals surface area contributed by atoms with Crippen molar-refractivity contribution in [1.82, 2.24) is 4.57 Å². The van der Waals surface area contributed by atoms with Crippen molar-refractivity contribution in [2.75, 3.05) is 7.11 Å². The van der Waals surface area contributed by atoms with Gasteiger partial charge >= 0.3 is 0 Å². The first-order valence-corrected chi connectivity index (χ1v) is 8.23. The Labute approximate surface area is 143 Å². The normalized spacial score (nSPS) is 10.6. The van der Waals surface area contributed by atoms with Gasteiger partial charge in [0, 0.05) is 4.47 Å². The summed E-state index contributed by atoms with van der Waals surface area (Å²) < 4.78 is 9.45. The lowest BCUT2D eigenvalue weighted by Crippen LogP contribution is -2.13. The Morgan fingerprint density at radius 3 is 2.26 bits per heavy atom. The Balaban J connectivity index is 2.50. The SMILES string of the molecule is COc1ccc(C(=O)n2c(Br)cc(Br)c2Br)c(Br)c1. The number of hydrogen-bond acceptors (Lipinski definition) is 2. The molecule has 0 N–H and O–H groups in total. The lowest BCUT2D eigenvalue weighted by molar-refractivity contribution is 0.0954. The van der Waals surface area contributed by atoms with E-state index >= 15 is 0 Å². The van der Waals surface area contributed by atoms with E-state index in [0.717, 1.165) is 4.47 Å². The Morgan fingerprint density at radius 1 is 1.11 bits per heavy atom. The van der Waals surface area contributed by atoms with Gasteiger partial charge in [0.2, 0.25) is 0 Å². The molecule has 1 aromatic carbocycles. The van der Waals surface area contributed by atoms with Gasteiger partial charge in [-0.1, -0.05) is 0 Å². The molecular weight excluding hydrogens is 510 g/mol. The van der Waals surface area contributed by atoms with Crippen LogP contribution in [0.25, 0.3) is 0 Å². The second-order valence-corrected chi connectivity index (χ2v) is 6.86. The van der Waals surface area contributed by atoms with Crippen LogP contribution in [-0.4, -0.2) is 17.6 Å². The van der Waals surface area contributed by atoms with Gasteiger partial charge in [-0.15, -0.1) is 0 Å². The van der Waals surface area contributed by atoms with Crippen LogP contribution in [0.2, 0.25) is 0 Å². The molecule has 2 aromatic rings. The fraction of sp³-hybridized carbons (Fsp3) is 0.0833. The summed E-state index contributed by atoms with van der Waals surface area (Å²) in [6.45, 7) is 0. The zero-order valence-corrected chi connectivity index (χ0v) is 15.9. The Hall–Kier alpha value is -0.110. The molecule has 7 heteroatoms. The van der Waals surface area contributed by atoms with Crippen LogP contribution in [0.4, 0.5) is 0 Å². The minimum atomic E-state index is -0.154. The van der Waals surface area contributed by atoms with E-state index in [0.29, 0.717) is 25.0 Å². The monoisotopic (exact) mass is 513 g/mol. The molecule has 0 spiro atoms. The van der Waals surface area contributed by atoms with Crippen LogP contribution in [0.15, 0.2) is 42.4 Å². The Kier molecular flexibility index (Phi) is 4.92. The average Bonchev–Trinajstić information content (AvgIpc) is 2.62. The summed E-state index contributed by atoms with van der Waals surface area (Å²) in [7, 11) is 1.58. The van der Waals surface area contributed by atoms with E-state index in [1.165, 1.54) is 4.57 Å². The highest BCUT2D eigenvalue weighted by Crippen LogP contribution is 2.32. The van der Waals surface area contributed by atoms with E-state index in [9.17, 15) is 4.79 Å². The van der Waals surface area contributed by atoms with Crippen LogP contribution in [0.3, 0.4) is 0 Å². The molecule has 0 fully saturated rings. The van der Waals surface area contributed by atoms with Crippen molar-refractivity contribution in [3.8, 4) is 5.75 Å². The highest BCUT2D eigenvalue weighted by Gasteiger charge is 2.19. The summed E-state index contributed by atoms with van der Waals surface area (Å²) in [6, 6.07) is 7.03. The predicted molar refractivity (Wildman–Crippen MR) is 88.0 cm³/mol. The molecule has 0 amide bonds. The van der Waals surface area contributed by atoms with Crippen LogP contribution in [0.1, 0.15) is 10.4 Å². The number of methoxy groups -OCH3 is 1. The van der Waals surface area contributed by atoms with Crippen molar-refractivity contribution in [3.05, 3.63) is 48.0 Å². The van der Waals surface area contributed by atoms with Crippen LogP contribution in [0.5, 0.6) is 5.75 Å². The zero-order chi connectivity index (χ0) is 14.2. The van der Waals surface area contributed by atoms with Crippen molar-refractivity contribution < 1.29 is 9.53 Å². The quantitative estimate of drug-likeness (QED) is 0.547. The van der Waals surface area contributed by atoms with E-state index < -0.39 is 0 Å². The second kappa shape index (κ2) is 6.11. The first kappa shape index (κ1) is 15.3. The first-order chi connectivity index (χ1) is 8.95. The molecular formula is C12H7Br4NO2. The van der Waals surface area contributed by atoms with Gasteiger partial charge in [-0.05, 0) is 88.0 Å². The fourth-order valence-corrected chi connectivity index (χ4v) is 4.03. The molecule has 1 aromatic heterocycles. The van der Waals surface area contributed by atoms with Gasteiger partial charge in [-0.2, -0.15) is 0 Å². The van der Waals surface area contributed by atoms with Crippen molar-refractivity contribution in [1.29, 1.82) is 0 Å². The van der Waals surface area contributed by atoms with Gasteiger partial charge < -0.3 is 4.74 Å². The third-order valence-electron chi connectivity index (χ3n) is 2.46. The molecule has 0 unspecified atom stereocenters. The van der Waals surface area contributed by atoms with Crippen LogP contribution in [-0.2, 0) is 0 Å². The first-order valence-electron chi connectivity index (χ1n) is 5.06. The number of hydrogen-bond donors (Lipinski definition) is 0. The largest absolute Gasteiger partial charge is 0.497 e. The van der Waals surface area contributed by atoms with Gasteiger partial charge in [0.1, 0.15) is 10.4 Å². The summed E-state index contributed by atoms with van der Waals surface area (Å²) in [5.41, 5.74) is 0.547. The molecule has 2 rings (SSSR count). The summed E-state index contributed by atoms with van der Waals surface area (Å²) in [5.74, 6) is 0.536. The van der Waals surface area contributed by atoms with E-state index in [2.05, 4.69) is 63.7 Å². The number of halogens is 4. The van der Waals surface area contributed by atoms with E-state index in [1.807, 2.05) is 0 Å². The molecule has 0 bridgehead atoms. The number of carbonyl (C=O) groups is 1. The Morgan fingerprint density at radius 2 is 1.79 bits per heavy atom. The van der Waals surface area contributed by atoms with E-state index in [4.69, 9.17) is 4.74 Å². The maximum absolute atomic E-state index is 12.5. The van der Waals surface area contributed by atoms with E-state index in [-0.39, 0.29) is 5.91 Å². The minimum Gasteiger partial charge on any atom is -0.497 e. The lowest BCUT2D eigenvalue weighted by Gasteiger charge is -2.09. The number of nitrogens with zero attached hydrogens (tertiary/aromatic N) is 1. The summed E-state index contributed by atoms with van der Waals surface area (Å²) >= 11 is 13.5. The van der Waals surface area contributed by atoms with Crippen molar-refractivity contribution in [2.24, 2.45) is 0 Å². The third-order valence-corrected chi connectivity index (χ3v) is 5.62. The summed E-state index contributed by atoms with van der Waals surface area (Å²) in [5, 5.41) is 0. The fourth-order valence-electron chi connectivity index (χ4n) is 1.53. The molecule has 0 aliphatic rings. The molecule has 0 aliphatic carbocycles. The zero-order valence-electron chi connectivity index (χ0n) is 9.58. The maximum Gasteiger partial charge on any atom is 0.264 e. The third kappa shape index (κ3) is 2.99. The summed E-state index contributed by atoms with van der Waals surface area (Å²) in [6.07, 6.45) is 0. The van der Waals surface area contributed by atoms with Gasteiger partial charge in [-0.25, -0.2) is 0 Å². The molecule has 0 saturated heterocycles. The standard InChI is InChI=1S/C12H7Br4NO2/c1-19-6-2-3-7(8(13)4-6)12(18)17-10(15)5-9(14)11(17)16/h2-5H,1H3. The average molecular weight is 517 g/mol. The van der Waals surface area contributed by atoms with Crippen LogP contribution in [0, 0.1) is 0 Å². The number of rotatable bonds is 2. The highest BCUT2D eigenvalue weighted by atomic mass is 79.9. The molecule has 0 saturated carbocycles. The van der Waals surface area contributed by atoms with Crippen molar-refractivity contribution in [2.45, 2.75) is 0 Å². The topological polar surface area (TPSA) is 31.2 Å². The predicted octanol–water partition coefficient (Wildman–Crippen LogP) is 5.24. The smallest absolute Gasteiger partial charge is 0.264 e. The van der Waals surface area contributed by atoms with Crippen LogP contribution < -0.4 is 4.74 Å². The van der Waals surface area contributed by atoms with Crippen molar-refractivity contribution in [3.63, 3.8) is 0 Å². The van der Waals surface area contributed by atoms with Crippen molar-refractivity contribution >= 4 is 69.6 Å². The minimum absolute atomic E-state index is 0.154. The highest BCUT2D eigenvalue weighted by molar-refractivity contribution is 9.13. The van der Waals surface area contributed by atoms with Gasteiger partial charge in [0.05, 0.1) is 21.7 Å². The second-order valence-electron chi connectivity index (χ2n) is 3.59. The molecule has 19 heavy (non-hydrogen) atoms. The maximum atomic E-state index is 12.5. The molecule has 0 aliphatic heterocycles.